The molecule has 0 radical (unpaired) electrons. The largest absolute Gasteiger partial charge is 0.503 e. The number of aryl methyl sites for hydroxylation is 2. The summed E-state index contributed by atoms with van der Waals surface area (Å²) in [5.74, 6) is -0.140. The van der Waals surface area contributed by atoms with E-state index in [1.807, 2.05) is 32.0 Å². The number of hydrazone groups is 1. The maximum absolute atomic E-state index is 12.4. The molecule has 0 spiro atoms. The van der Waals surface area contributed by atoms with Crippen LogP contribution in [0, 0.1) is 13.8 Å². The van der Waals surface area contributed by atoms with Crippen molar-refractivity contribution in [3.05, 3.63) is 74.5 Å². The number of benzene rings is 2. The molecule has 3 rings (SSSR count). The van der Waals surface area contributed by atoms with E-state index in [-0.39, 0.29) is 5.75 Å². The maximum atomic E-state index is 12.4. The zero-order valence-electron chi connectivity index (χ0n) is 16.0. The van der Waals surface area contributed by atoms with Crippen LogP contribution in [0.4, 0.5) is 0 Å². The summed E-state index contributed by atoms with van der Waals surface area (Å²) in [4.78, 5) is 12.4. The van der Waals surface area contributed by atoms with Gasteiger partial charge in [-0.05, 0) is 77.8 Å². The lowest BCUT2D eigenvalue weighted by Crippen LogP contribution is -2.18. The van der Waals surface area contributed by atoms with Crippen LogP contribution in [0.3, 0.4) is 0 Å². The van der Waals surface area contributed by atoms with Gasteiger partial charge in [-0.15, -0.1) is 0 Å². The van der Waals surface area contributed by atoms with Crippen LogP contribution < -0.4 is 10.2 Å². The number of amides is 1. The van der Waals surface area contributed by atoms with Gasteiger partial charge in [-0.1, -0.05) is 11.6 Å². The standard InChI is InChI=1S/C21H19BrClN3O3/c1-12-4-5-13(2)26(12)15-6-7-16(18(23)10-15)21(28)25-24-11-14-8-17(22)20(27)19(9-14)29-3/h4-11,27H,1-3H3,(H,25,28)/b24-11+. The monoisotopic (exact) mass is 475 g/mol. The van der Waals surface area contributed by atoms with Crippen LogP contribution in [0.25, 0.3) is 5.69 Å². The molecule has 0 unspecified atom stereocenters. The quantitative estimate of drug-likeness (QED) is 0.402. The van der Waals surface area contributed by atoms with Crippen LogP contribution in [0.2, 0.25) is 5.02 Å². The highest BCUT2D eigenvalue weighted by atomic mass is 79.9. The molecule has 6 nitrogen and oxygen atoms in total. The molecular weight excluding hydrogens is 458 g/mol. The Labute approximate surface area is 181 Å². The Morgan fingerprint density at radius 3 is 2.52 bits per heavy atom. The van der Waals surface area contributed by atoms with Crippen molar-refractivity contribution in [2.45, 2.75) is 13.8 Å². The van der Waals surface area contributed by atoms with Gasteiger partial charge in [-0.25, -0.2) is 5.43 Å². The van der Waals surface area contributed by atoms with Gasteiger partial charge in [0.1, 0.15) is 0 Å². The van der Waals surface area contributed by atoms with E-state index in [0.717, 1.165) is 17.1 Å². The fourth-order valence-electron chi connectivity index (χ4n) is 2.95. The average molecular weight is 477 g/mol. The molecule has 0 aliphatic heterocycles. The molecule has 2 N–H and O–H groups in total. The second kappa shape index (κ2) is 8.71. The number of nitrogens with one attached hydrogen (secondary N) is 1. The van der Waals surface area contributed by atoms with Gasteiger partial charge in [-0.3, -0.25) is 4.79 Å². The van der Waals surface area contributed by atoms with Gasteiger partial charge in [0.25, 0.3) is 5.91 Å². The van der Waals surface area contributed by atoms with Crippen molar-refractivity contribution in [1.29, 1.82) is 0 Å². The average Bonchev–Trinajstić information content (AvgIpc) is 3.02. The van der Waals surface area contributed by atoms with Gasteiger partial charge < -0.3 is 14.4 Å². The number of phenolic OH excluding ortho intramolecular Hbond substituents is 1. The number of phenols is 1. The number of nitrogens with zero attached hydrogens (tertiary/aromatic N) is 2. The normalized spacial score (nSPS) is 11.1. The third kappa shape index (κ3) is 4.46. The number of ether oxygens (including phenoxy) is 1. The lowest BCUT2D eigenvalue weighted by Gasteiger charge is -2.11. The predicted molar refractivity (Wildman–Crippen MR) is 118 cm³/mol. The van der Waals surface area contributed by atoms with E-state index >= 15 is 0 Å². The molecule has 1 aromatic heterocycles. The summed E-state index contributed by atoms with van der Waals surface area (Å²) in [6, 6.07) is 12.6. The highest BCUT2D eigenvalue weighted by molar-refractivity contribution is 9.10. The van der Waals surface area contributed by atoms with Crippen molar-refractivity contribution in [1.82, 2.24) is 9.99 Å². The Kier molecular flexibility index (Phi) is 6.30. The maximum Gasteiger partial charge on any atom is 0.272 e. The van der Waals surface area contributed by atoms with E-state index < -0.39 is 5.91 Å². The third-order valence-corrected chi connectivity index (χ3v) is 5.29. The Morgan fingerprint density at radius 2 is 1.90 bits per heavy atom. The van der Waals surface area contributed by atoms with Crippen molar-refractivity contribution < 1.29 is 14.6 Å². The molecule has 0 atom stereocenters. The first-order valence-corrected chi connectivity index (χ1v) is 9.83. The van der Waals surface area contributed by atoms with Crippen LogP contribution in [0.15, 0.2) is 52.0 Å². The Hall–Kier alpha value is -2.77. The number of rotatable bonds is 5. The first-order chi connectivity index (χ1) is 13.8. The fraction of sp³-hybridized carbons (Fsp3) is 0.143. The minimum Gasteiger partial charge on any atom is -0.503 e. The van der Waals surface area contributed by atoms with Crippen LogP contribution in [-0.4, -0.2) is 28.9 Å². The first kappa shape index (κ1) is 21.0. The van der Waals surface area contributed by atoms with E-state index in [1.165, 1.54) is 13.3 Å². The Balaban J connectivity index is 1.76. The predicted octanol–water partition coefficient (Wildman–Crippen LogP) is 4.99. The molecule has 150 valence electrons. The van der Waals surface area contributed by atoms with Gasteiger partial charge in [-0.2, -0.15) is 5.10 Å². The number of aromatic hydroxyl groups is 1. The second-order valence-corrected chi connectivity index (χ2v) is 7.63. The lowest BCUT2D eigenvalue weighted by atomic mass is 10.2. The topological polar surface area (TPSA) is 75.8 Å². The molecule has 0 bridgehead atoms. The number of halogens is 2. The van der Waals surface area contributed by atoms with Crippen molar-refractivity contribution in [2.75, 3.05) is 7.11 Å². The van der Waals surface area contributed by atoms with E-state index in [4.69, 9.17) is 16.3 Å². The lowest BCUT2D eigenvalue weighted by molar-refractivity contribution is 0.0955. The third-order valence-electron chi connectivity index (χ3n) is 4.38. The van der Waals surface area contributed by atoms with Gasteiger partial charge in [0, 0.05) is 17.1 Å². The number of carbonyl (C=O) groups is 1. The first-order valence-electron chi connectivity index (χ1n) is 8.66. The molecule has 3 aromatic rings. The highest BCUT2D eigenvalue weighted by Crippen LogP contribution is 2.34. The van der Waals surface area contributed by atoms with E-state index in [9.17, 15) is 9.90 Å². The SMILES string of the molecule is COc1cc(/C=N/NC(=O)c2ccc(-n3c(C)ccc3C)cc2Cl)cc(Br)c1O. The summed E-state index contributed by atoms with van der Waals surface area (Å²) >= 11 is 9.58. The van der Waals surface area contributed by atoms with Gasteiger partial charge in [0.2, 0.25) is 0 Å². The summed E-state index contributed by atoms with van der Waals surface area (Å²) in [6.07, 6.45) is 1.44. The molecule has 1 amide bonds. The second-order valence-electron chi connectivity index (χ2n) is 6.37. The van der Waals surface area contributed by atoms with E-state index in [0.29, 0.717) is 26.4 Å². The van der Waals surface area contributed by atoms with Gasteiger partial charge in [0.15, 0.2) is 11.5 Å². The smallest absolute Gasteiger partial charge is 0.272 e. The molecule has 0 saturated heterocycles. The minimum absolute atomic E-state index is 0.00581. The van der Waals surface area contributed by atoms with E-state index in [2.05, 4.69) is 31.0 Å². The zero-order chi connectivity index (χ0) is 21.1. The fourth-order valence-corrected chi connectivity index (χ4v) is 3.67. The van der Waals surface area contributed by atoms with Crippen molar-refractivity contribution in [3.8, 4) is 17.2 Å². The number of aromatic nitrogens is 1. The molecule has 2 aromatic carbocycles. The summed E-state index contributed by atoms with van der Waals surface area (Å²) in [7, 11) is 1.45. The molecule has 0 aliphatic carbocycles. The summed E-state index contributed by atoms with van der Waals surface area (Å²) in [5, 5.41) is 14.1. The molecule has 29 heavy (non-hydrogen) atoms. The minimum atomic E-state index is -0.427. The van der Waals surface area contributed by atoms with Crippen LogP contribution in [0.5, 0.6) is 11.5 Å². The molecule has 1 heterocycles. The molecular formula is C21H19BrClN3O3. The molecule has 8 heteroatoms. The van der Waals surface area contributed by atoms with Gasteiger partial charge >= 0.3 is 0 Å². The molecule has 0 aliphatic rings. The Bertz CT molecular complexity index is 1090. The zero-order valence-corrected chi connectivity index (χ0v) is 18.4. The van der Waals surface area contributed by atoms with Crippen molar-refractivity contribution >= 4 is 39.7 Å². The summed E-state index contributed by atoms with van der Waals surface area (Å²) in [5.41, 5.74) is 6.45. The number of carbonyl (C=O) groups excluding carboxylic acids is 1. The highest BCUT2D eigenvalue weighted by Gasteiger charge is 2.13. The van der Waals surface area contributed by atoms with Crippen molar-refractivity contribution in [3.63, 3.8) is 0 Å². The van der Waals surface area contributed by atoms with Crippen molar-refractivity contribution in [2.24, 2.45) is 5.10 Å². The molecule has 0 fully saturated rings. The summed E-state index contributed by atoms with van der Waals surface area (Å²) < 4.78 is 7.60. The van der Waals surface area contributed by atoms with E-state index in [1.54, 1.807) is 24.3 Å². The van der Waals surface area contributed by atoms with Gasteiger partial charge in [0.05, 0.1) is 28.4 Å². The van der Waals surface area contributed by atoms with Crippen LogP contribution >= 0.6 is 27.5 Å². The number of methoxy groups -OCH3 is 1. The van der Waals surface area contributed by atoms with Crippen LogP contribution in [0.1, 0.15) is 27.3 Å². The Morgan fingerprint density at radius 1 is 1.21 bits per heavy atom. The number of hydrogen-bond donors (Lipinski definition) is 2. The summed E-state index contributed by atoms with van der Waals surface area (Å²) in [6.45, 7) is 4.01. The van der Waals surface area contributed by atoms with Crippen LogP contribution in [-0.2, 0) is 0 Å². The molecule has 0 saturated carbocycles. The number of hydrogen-bond acceptors (Lipinski definition) is 4.